The van der Waals surface area contributed by atoms with Crippen LogP contribution in [-0.4, -0.2) is 0 Å². The van der Waals surface area contributed by atoms with Gasteiger partial charge in [-0.1, -0.05) is 141 Å². The van der Waals surface area contributed by atoms with Crippen molar-refractivity contribution in [1.29, 1.82) is 0 Å². The first-order chi connectivity index (χ1) is 19.7. The molecule has 0 heteroatoms. The quantitative estimate of drug-likeness (QED) is 0.217. The van der Waals surface area contributed by atoms with Gasteiger partial charge in [0.15, 0.2) is 0 Å². The Morgan fingerprint density at radius 2 is 0.775 bits per heavy atom. The van der Waals surface area contributed by atoms with Crippen molar-refractivity contribution in [3.8, 4) is 33.4 Å². The van der Waals surface area contributed by atoms with E-state index in [1.807, 2.05) is 12.2 Å². The molecule has 0 aromatic heterocycles. The molecule has 0 N–H and O–H groups in total. The van der Waals surface area contributed by atoms with Gasteiger partial charge in [-0.05, 0) is 95.0 Å². The van der Waals surface area contributed by atoms with E-state index in [-0.39, 0.29) is 0 Å². The zero-order valence-corrected chi connectivity index (χ0v) is 22.3. The molecule has 0 aliphatic heterocycles. The minimum atomic E-state index is 1.11. The molecule has 0 bridgehead atoms. The first-order valence-corrected chi connectivity index (χ1v) is 13.7. The molecule has 0 atom stereocenters. The van der Waals surface area contributed by atoms with Crippen LogP contribution in [0.4, 0.5) is 0 Å². The fourth-order valence-corrected chi connectivity index (χ4v) is 6.08. The SMILES string of the molecule is C=Cc1c(C=C)c(-c2ccc3cc(-c4ccc5ccccc5c4)ccc3c2)c2ccccc2c1-c1ccccc1. The average Bonchev–Trinajstić information content (AvgIpc) is 3.03. The van der Waals surface area contributed by atoms with Crippen LogP contribution >= 0.6 is 0 Å². The summed E-state index contributed by atoms with van der Waals surface area (Å²) in [5.74, 6) is 0. The van der Waals surface area contributed by atoms with Crippen molar-refractivity contribution in [3.05, 3.63) is 158 Å². The van der Waals surface area contributed by atoms with Crippen LogP contribution in [0.3, 0.4) is 0 Å². The Morgan fingerprint density at radius 1 is 0.350 bits per heavy atom. The lowest BCUT2D eigenvalue weighted by Gasteiger charge is -2.20. The zero-order chi connectivity index (χ0) is 27.1. The second-order valence-electron chi connectivity index (χ2n) is 10.2. The summed E-state index contributed by atoms with van der Waals surface area (Å²) < 4.78 is 0. The minimum absolute atomic E-state index is 1.11. The third kappa shape index (κ3) is 3.94. The zero-order valence-electron chi connectivity index (χ0n) is 22.3. The minimum Gasteiger partial charge on any atom is -0.0984 e. The topological polar surface area (TPSA) is 0 Å². The lowest BCUT2D eigenvalue weighted by atomic mass is 9.83. The van der Waals surface area contributed by atoms with E-state index in [2.05, 4.69) is 147 Å². The van der Waals surface area contributed by atoms with Crippen molar-refractivity contribution < 1.29 is 0 Å². The van der Waals surface area contributed by atoms with Gasteiger partial charge >= 0.3 is 0 Å². The molecule has 0 fully saturated rings. The summed E-state index contributed by atoms with van der Waals surface area (Å²) >= 11 is 0. The highest BCUT2D eigenvalue weighted by atomic mass is 14.2. The van der Waals surface area contributed by atoms with Crippen LogP contribution in [0.1, 0.15) is 11.1 Å². The van der Waals surface area contributed by atoms with E-state index in [1.54, 1.807) is 0 Å². The molecule has 0 amide bonds. The van der Waals surface area contributed by atoms with Crippen molar-refractivity contribution in [2.45, 2.75) is 0 Å². The summed E-state index contributed by atoms with van der Waals surface area (Å²) in [6, 6.07) is 48.1. The Kier molecular flexibility index (Phi) is 5.87. The number of fused-ring (bicyclic) bond motifs is 3. The van der Waals surface area contributed by atoms with E-state index in [9.17, 15) is 0 Å². The van der Waals surface area contributed by atoms with Gasteiger partial charge in [0.1, 0.15) is 0 Å². The van der Waals surface area contributed by atoms with Gasteiger partial charge in [-0.15, -0.1) is 0 Å². The molecular weight excluding hydrogens is 480 g/mol. The normalized spacial score (nSPS) is 11.2. The number of hydrogen-bond acceptors (Lipinski definition) is 0. The van der Waals surface area contributed by atoms with E-state index >= 15 is 0 Å². The maximum atomic E-state index is 4.25. The second-order valence-corrected chi connectivity index (χ2v) is 10.2. The molecule has 0 aliphatic rings. The van der Waals surface area contributed by atoms with Gasteiger partial charge < -0.3 is 0 Å². The lowest BCUT2D eigenvalue weighted by molar-refractivity contribution is 1.59. The summed E-state index contributed by atoms with van der Waals surface area (Å²) in [6.45, 7) is 8.48. The van der Waals surface area contributed by atoms with Crippen LogP contribution in [-0.2, 0) is 0 Å². The summed E-state index contributed by atoms with van der Waals surface area (Å²) in [6.07, 6.45) is 3.96. The molecule has 0 radical (unpaired) electrons. The van der Waals surface area contributed by atoms with Crippen molar-refractivity contribution in [1.82, 2.24) is 0 Å². The molecule has 0 aliphatic carbocycles. The highest BCUT2D eigenvalue weighted by Crippen LogP contribution is 2.43. The molecular formula is C40H28. The average molecular weight is 509 g/mol. The predicted octanol–water partition coefficient (Wildman–Crippen LogP) is 11.4. The fraction of sp³-hybridized carbons (Fsp3) is 0. The Morgan fingerprint density at radius 3 is 1.38 bits per heavy atom. The summed E-state index contributed by atoms with van der Waals surface area (Å²) in [4.78, 5) is 0. The van der Waals surface area contributed by atoms with Crippen LogP contribution < -0.4 is 0 Å². The Hall–Kier alpha value is -5.20. The van der Waals surface area contributed by atoms with E-state index in [0.717, 1.165) is 11.1 Å². The smallest absolute Gasteiger partial charge is 0.00264 e. The number of rotatable bonds is 5. The lowest BCUT2D eigenvalue weighted by Crippen LogP contribution is -1.96. The van der Waals surface area contributed by atoms with Crippen LogP contribution in [0.25, 0.3) is 77.9 Å². The molecule has 0 heterocycles. The molecule has 0 saturated carbocycles. The molecule has 7 aromatic rings. The van der Waals surface area contributed by atoms with Gasteiger partial charge in [0, 0.05) is 0 Å². The summed E-state index contributed by atoms with van der Waals surface area (Å²) in [7, 11) is 0. The maximum Gasteiger partial charge on any atom is -0.00264 e. The van der Waals surface area contributed by atoms with Crippen LogP contribution in [0.2, 0.25) is 0 Å². The van der Waals surface area contributed by atoms with Gasteiger partial charge in [-0.25, -0.2) is 0 Å². The van der Waals surface area contributed by atoms with E-state index < -0.39 is 0 Å². The highest BCUT2D eigenvalue weighted by Gasteiger charge is 2.18. The maximum absolute atomic E-state index is 4.25. The van der Waals surface area contributed by atoms with E-state index in [1.165, 1.54) is 65.7 Å². The van der Waals surface area contributed by atoms with Crippen molar-refractivity contribution in [3.63, 3.8) is 0 Å². The van der Waals surface area contributed by atoms with E-state index in [0.29, 0.717) is 0 Å². The number of hydrogen-bond donors (Lipinski definition) is 0. The third-order valence-corrected chi connectivity index (χ3v) is 7.98. The molecule has 0 spiro atoms. The van der Waals surface area contributed by atoms with Crippen molar-refractivity contribution in [2.24, 2.45) is 0 Å². The van der Waals surface area contributed by atoms with Crippen LogP contribution in [0.15, 0.2) is 147 Å². The van der Waals surface area contributed by atoms with Crippen molar-refractivity contribution >= 4 is 44.5 Å². The number of benzene rings is 7. The van der Waals surface area contributed by atoms with Crippen molar-refractivity contribution in [2.75, 3.05) is 0 Å². The monoisotopic (exact) mass is 508 g/mol. The van der Waals surface area contributed by atoms with Crippen LogP contribution in [0.5, 0.6) is 0 Å². The first kappa shape index (κ1) is 23.9. The Balaban J connectivity index is 1.41. The Bertz CT molecular complexity index is 2080. The predicted molar refractivity (Wildman–Crippen MR) is 175 cm³/mol. The third-order valence-electron chi connectivity index (χ3n) is 7.98. The molecule has 7 aromatic carbocycles. The Labute approximate surface area is 235 Å². The van der Waals surface area contributed by atoms with Gasteiger partial charge in [-0.2, -0.15) is 0 Å². The second kappa shape index (κ2) is 9.84. The summed E-state index contributed by atoms with van der Waals surface area (Å²) in [5, 5.41) is 7.40. The highest BCUT2D eigenvalue weighted by molar-refractivity contribution is 6.12. The van der Waals surface area contributed by atoms with Gasteiger partial charge in [0.2, 0.25) is 0 Å². The molecule has 40 heavy (non-hydrogen) atoms. The largest absolute Gasteiger partial charge is 0.0984 e. The summed E-state index contributed by atoms with van der Waals surface area (Å²) in [5.41, 5.74) is 9.44. The van der Waals surface area contributed by atoms with Gasteiger partial charge in [0.25, 0.3) is 0 Å². The first-order valence-electron chi connectivity index (χ1n) is 13.7. The molecule has 0 unspecified atom stereocenters. The molecule has 0 saturated heterocycles. The van der Waals surface area contributed by atoms with Gasteiger partial charge in [0.05, 0.1) is 0 Å². The van der Waals surface area contributed by atoms with E-state index in [4.69, 9.17) is 0 Å². The van der Waals surface area contributed by atoms with Gasteiger partial charge in [-0.3, -0.25) is 0 Å². The fourth-order valence-electron chi connectivity index (χ4n) is 6.08. The molecule has 7 rings (SSSR count). The van der Waals surface area contributed by atoms with Crippen LogP contribution in [0, 0.1) is 0 Å². The standard InChI is InChI=1S/C40H28/c1-3-35-36(4-2)40(38-17-11-10-16-37(38)39(35)28-13-6-5-7-14-28)34-23-22-32-25-31(20-21-33(32)26-34)30-19-18-27-12-8-9-15-29(27)24-30/h3-26H,1-2H2. The molecule has 188 valence electrons. The molecule has 0 nitrogen and oxygen atoms in total.